The summed E-state index contributed by atoms with van der Waals surface area (Å²) in [5.74, 6) is 0.136. The molecule has 1 amide bonds. The van der Waals surface area contributed by atoms with Crippen molar-refractivity contribution in [2.75, 3.05) is 10.6 Å². The molecule has 24 heavy (non-hydrogen) atoms. The van der Waals surface area contributed by atoms with E-state index >= 15 is 0 Å². The molecule has 6 heteroatoms. The van der Waals surface area contributed by atoms with Crippen LogP contribution in [0.5, 0.6) is 0 Å². The molecular weight excluding hydrogens is 324 g/mol. The number of aryl methyl sites for hydroxylation is 1. The fraction of sp³-hybridized carbons (Fsp3) is 0.0556. The van der Waals surface area contributed by atoms with Crippen molar-refractivity contribution in [3.05, 3.63) is 77.1 Å². The highest BCUT2D eigenvalue weighted by Gasteiger charge is 2.08. The minimum atomic E-state index is -0.256. The third kappa shape index (κ3) is 4.08. The quantitative estimate of drug-likeness (QED) is 0.738. The number of rotatable bonds is 4. The molecule has 3 rings (SSSR count). The van der Waals surface area contributed by atoms with Gasteiger partial charge in [-0.1, -0.05) is 35.4 Å². The Balaban J connectivity index is 1.67. The number of hydrogen-bond donors (Lipinski definition) is 2. The number of carbonyl (C=O) groups excluding carboxylic acids is 1. The van der Waals surface area contributed by atoms with E-state index < -0.39 is 0 Å². The zero-order chi connectivity index (χ0) is 16.9. The van der Waals surface area contributed by atoms with E-state index in [1.54, 1.807) is 12.1 Å². The van der Waals surface area contributed by atoms with Crippen molar-refractivity contribution >= 4 is 34.8 Å². The molecule has 3 aromatic rings. The summed E-state index contributed by atoms with van der Waals surface area (Å²) in [6.45, 7) is 1.99. The van der Waals surface area contributed by atoms with Crippen molar-refractivity contribution in [3.63, 3.8) is 0 Å². The summed E-state index contributed by atoms with van der Waals surface area (Å²) in [4.78, 5) is 20.5. The predicted molar refractivity (Wildman–Crippen MR) is 95.9 cm³/mol. The third-order valence-corrected chi connectivity index (χ3v) is 3.54. The van der Waals surface area contributed by atoms with Gasteiger partial charge in [-0.2, -0.15) is 0 Å². The van der Waals surface area contributed by atoms with Crippen LogP contribution >= 0.6 is 11.6 Å². The molecule has 0 saturated heterocycles. The van der Waals surface area contributed by atoms with Gasteiger partial charge in [-0.15, -0.1) is 0 Å². The zero-order valence-electron chi connectivity index (χ0n) is 13.0. The molecule has 0 aliphatic rings. The minimum absolute atomic E-state index is 0.256. The molecule has 0 aliphatic carbocycles. The van der Waals surface area contributed by atoms with Crippen molar-refractivity contribution in [3.8, 4) is 0 Å². The average Bonchev–Trinajstić information content (AvgIpc) is 2.57. The normalized spacial score (nSPS) is 10.2. The van der Waals surface area contributed by atoms with Gasteiger partial charge in [-0.05, 0) is 37.3 Å². The molecule has 1 heterocycles. The molecule has 2 N–H and O–H groups in total. The van der Waals surface area contributed by atoms with E-state index in [1.165, 1.54) is 12.4 Å². The molecule has 0 spiro atoms. The second kappa shape index (κ2) is 7.10. The summed E-state index contributed by atoms with van der Waals surface area (Å²) >= 11 is 5.93. The van der Waals surface area contributed by atoms with Crippen LogP contribution in [0.1, 0.15) is 15.9 Å². The molecular formula is C18H15ClN4O. The summed E-state index contributed by atoms with van der Waals surface area (Å²) in [6, 6.07) is 14.8. The Morgan fingerprint density at radius 3 is 2.38 bits per heavy atom. The van der Waals surface area contributed by atoms with Crippen LogP contribution in [-0.2, 0) is 0 Å². The van der Waals surface area contributed by atoms with Crippen molar-refractivity contribution in [1.29, 1.82) is 0 Å². The van der Waals surface area contributed by atoms with Gasteiger partial charge in [-0.3, -0.25) is 4.79 Å². The maximum absolute atomic E-state index is 12.2. The van der Waals surface area contributed by atoms with E-state index in [0.717, 1.165) is 16.9 Å². The van der Waals surface area contributed by atoms with E-state index in [2.05, 4.69) is 20.6 Å². The lowest BCUT2D eigenvalue weighted by Crippen LogP contribution is -2.13. The van der Waals surface area contributed by atoms with Crippen LogP contribution in [0.4, 0.5) is 17.3 Å². The Kier molecular flexibility index (Phi) is 4.72. The zero-order valence-corrected chi connectivity index (χ0v) is 13.7. The number of halogens is 1. The van der Waals surface area contributed by atoms with Crippen LogP contribution < -0.4 is 10.6 Å². The van der Waals surface area contributed by atoms with Crippen LogP contribution in [0.2, 0.25) is 5.02 Å². The van der Waals surface area contributed by atoms with Crippen molar-refractivity contribution in [1.82, 2.24) is 9.97 Å². The van der Waals surface area contributed by atoms with Gasteiger partial charge in [0.05, 0.1) is 5.56 Å². The minimum Gasteiger partial charge on any atom is -0.324 e. The van der Waals surface area contributed by atoms with Gasteiger partial charge < -0.3 is 10.6 Å². The Morgan fingerprint density at radius 1 is 1.00 bits per heavy atom. The van der Waals surface area contributed by atoms with Crippen LogP contribution in [0.15, 0.2) is 60.9 Å². The molecule has 0 fully saturated rings. The predicted octanol–water partition coefficient (Wildman–Crippen LogP) is 4.43. The first-order valence-electron chi connectivity index (χ1n) is 7.33. The first-order valence-corrected chi connectivity index (χ1v) is 7.70. The molecule has 0 aliphatic heterocycles. The smallest absolute Gasteiger partial charge is 0.258 e. The second-order valence-electron chi connectivity index (χ2n) is 5.25. The van der Waals surface area contributed by atoms with Crippen molar-refractivity contribution in [2.45, 2.75) is 6.92 Å². The summed E-state index contributed by atoms with van der Waals surface area (Å²) < 4.78 is 0. The van der Waals surface area contributed by atoms with Crippen LogP contribution in [0, 0.1) is 6.92 Å². The van der Waals surface area contributed by atoms with Gasteiger partial charge in [0, 0.05) is 28.8 Å². The fourth-order valence-corrected chi connectivity index (χ4v) is 2.24. The topological polar surface area (TPSA) is 66.9 Å². The summed E-state index contributed by atoms with van der Waals surface area (Å²) in [5, 5.41) is 6.45. The number of aromatic nitrogens is 2. The van der Waals surface area contributed by atoms with Crippen LogP contribution in [-0.4, -0.2) is 15.9 Å². The molecule has 0 saturated carbocycles. The van der Waals surface area contributed by atoms with E-state index in [-0.39, 0.29) is 5.91 Å². The third-order valence-electron chi connectivity index (χ3n) is 3.30. The number of nitrogens with one attached hydrogen (secondary N) is 2. The molecule has 5 nitrogen and oxygen atoms in total. The highest BCUT2D eigenvalue weighted by Crippen LogP contribution is 2.18. The molecule has 2 aromatic carbocycles. The number of anilines is 3. The van der Waals surface area contributed by atoms with E-state index in [0.29, 0.717) is 16.5 Å². The average molecular weight is 339 g/mol. The van der Waals surface area contributed by atoms with Gasteiger partial charge in [0.1, 0.15) is 0 Å². The molecule has 120 valence electrons. The standard InChI is InChI=1S/C18H15ClN4O/c1-12-5-7-15(8-6-12)22-17(24)13-10-20-18(21-11-13)23-16-4-2-3-14(19)9-16/h2-11H,1H3,(H,22,24)(H,20,21,23). The highest BCUT2D eigenvalue weighted by molar-refractivity contribution is 6.30. The highest BCUT2D eigenvalue weighted by atomic mass is 35.5. The second-order valence-corrected chi connectivity index (χ2v) is 5.69. The molecule has 0 unspecified atom stereocenters. The monoisotopic (exact) mass is 338 g/mol. The first-order chi connectivity index (χ1) is 11.6. The fourth-order valence-electron chi connectivity index (χ4n) is 2.05. The number of nitrogens with zero attached hydrogens (tertiary/aromatic N) is 2. The largest absolute Gasteiger partial charge is 0.324 e. The first kappa shape index (κ1) is 16.0. The summed E-state index contributed by atoms with van der Waals surface area (Å²) in [7, 11) is 0. The Hall–Kier alpha value is -2.92. The van der Waals surface area contributed by atoms with E-state index in [4.69, 9.17) is 11.6 Å². The van der Waals surface area contributed by atoms with Gasteiger partial charge in [-0.25, -0.2) is 9.97 Å². The summed E-state index contributed by atoms with van der Waals surface area (Å²) in [6.07, 6.45) is 2.95. The number of benzene rings is 2. The maximum atomic E-state index is 12.2. The number of hydrogen-bond acceptors (Lipinski definition) is 4. The number of amides is 1. The van der Waals surface area contributed by atoms with Gasteiger partial charge in [0.25, 0.3) is 5.91 Å². The lowest BCUT2D eigenvalue weighted by Gasteiger charge is -2.07. The molecule has 1 aromatic heterocycles. The van der Waals surface area contributed by atoms with Crippen molar-refractivity contribution in [2.24, 2.45) is 0 Å². The molecule has 0 atom stereocenters. The van der Waals surface area contributed by atoms with Crippen molar-refractivity contribution < 1.29 is 4.79 Å². The van der Waals surface area contributed by atoms with Crippen LogP contribution in [0.3, 0.4) is 0 Å². The lowest BCUT2D eigenvalue weighted by atomic mass is 10.2. The maximum Gasteiger partial charge on any atom is 0.258 e. The Bertz CT molecular complexity index is 848. The molecule has 0 radical (unpaired) electrons. The SMILES string of the molecule is Cc1ccc(NC(=O)c2cnc(Nc3cccc(Cl)c3)nc2)cc1. The number of carbonyl (C=O) groups is 1. The summed E-state index contributed by atoms with van der Waals surface area (Å²) in [5.41, 5.74) is 3.02. The Morgan fingerprint density at radius 2 is 1.71 bits per heavy atom. The lowest BCUT2D eigenvalue weighted by molar-refractivity contribution is 0.102. The molecule has 0 bridgehead atoms. The van der Waals surface area contributed by atoms with Gasteiger partial charge in [0.15, 0.2) is 0 Å². The van der Waals surface area contributed by atoms with E-state index in [1.807, 2.05) is 43.3 Å². The van der Waals surface area contributed by atoms with Gasteiger partial charge in [0.2, 0.25) is 5.95 Å². The van der Waals surface area contributed by atoms with Gasteiger partial charge >= 0.3 is 0 Å². The van der Waals surface area contributed by atoms with Crippen LogP contribution in [0.25, 0.3) is 0 Å². The Labute approximate surface area is 144 Å². The van der Waals surface area contributed by atoms with E-state index in [9.17, 15) is 4.79 Å².